The normalized spacial score (nSPS) is 24.8. The zero-order valence-corrected chi connectivity index (χ0v) is 20.0. The molecular weight excluding hydrogens is 429 g/mol. The molecule has 0 unspecified atom stereocenters. The van der Waals surface area contributed by atoms with Gasteiger partial charge in [-0.1, -0.05) is 67.4 Å². The number of carbonyl (C=O) groups is 1. The number of rotatable bonds is 8. The van der Waals surface area contributed by atoms with Crippen molar-refractivity contribution < 1.29 is 9.53 Å². The molecule has 0 aliphatic carbocycles. The highest BCUT2D eigenvalue weighted by Gasteiger charge is 2.50. The van der Waals surface area contributed by atoms with Crippen LogP contribution in [0.4, 0.5) is 0 Å². The van der Waals surface area contributed by atoms with Crippen molar-refractivity contribution in [3.05, 3.63) is 82.4 Å². The molecule has 1 aliphatic heterocycles. The number of benzene rings is 2. The van der Waals surface area contributed by atoms with E-state index < -0.39 is 5.41 Å². The van der Waals surface area contributed by atoms with Gasteiger partial charge in [0, 0.05) is 23.1 Å². The van der Waals surface area contributed by atoms with Gasteiger partial charge in [0.2, 0.25) is 5.91 Å². The zero-order chi connectivity index (χ0) is 22.6. The molecule has 1 saturated heterocycles. The first kappa shape index (κ1) is 23.8. The SMILES string of the molecule is C=CC[C@@]1(C)C[C@H](c2cccc(Cl)c2)[C@@H](c2ccc(Cl)cc2)N([C@@H](CC)COC)C1=O. The van der Waals surface area contributed by atoms with Gasteiger partial charge in [-0.25, -0.2) is 0 Å². The van der Waals surface area contributed by atoms with E-state index in [9.17, 15) is 4.79 Å². The van der Waals surface area contributed by atoms with Crippen LogP contribution in [0.3, 0.4) is 0 Å². The molecule has 3 nitrogen and oxygen atoms in total. The van der Waals surface area contributed by atoms with E-state index in [4.69, 9.17) is 27.9 Å². The average Bonchev–Trinajstić information content (AvgIpc) is 2.75. The number of methoxy groups -OCH3 is 1. The number of likely N-dealkylation sites (tertiary alicyclic amines) is 1. The number of carbonyl (C=O) groups excluding carboxylic acids is 1. The molecule has 2 aromatic rings. The number of allylic oxidation sites excluding steroid dienone is 1. The third-order valence-corrected chi connectivity index (χ3v) is 6.90. The van der Waals surface area contributed by atoms with Crippen LogP contribution in [0.25, 0.3) is 0 Å². The molecule has 2 aromatic carbocycles. The largest absolute Gasteiger partial charge is 0.383 e. The smallest absolute Gasteiger partial charge is 0.229 e. The summed E-state index contributed by atoms with van der Waals surface area (Å²) in [5.74, 6) is 0.225. The van der Waals surface area contributed by atoms with Crippen molar-refractivity contribution in [3.63, 3.8) is 0 Å². The molecule has 166 valence electrons. The van der Waals surface area contributed by atoms with Crippen LogP contribution >= 0.6 is 23.2 Å². The topological polar surface area (TPSA) is 29.5 Å². The van der Waals surface area contributed by atoms with Crippen LogP contribution in [0.1, 0.15) is 56.2 Å². The minimum Gasteiger partial charge on any atom is -0.383 e. The lowest BCUT2D eigenvalue weighted by Gasteiger charge is -2.52. The summed E-state index contributed by atoms with van der Waals surface area (Å²) >= 11 is 12.6. The molecule has 0 bridgehead atoms. The summed E-state index contributed by atoms with van der Waals surface area (Å²) in [6.07, 6.45) is 3.99. The quantitative estimate of drug-likeness (QED) is 0.395. The number of nitrogens with zero attached hydrogens (tertiary/aromatic N) is 1. The highest BCUT2D eigenvalue weighted by atomic mass is 35.5. The lowest BCUT2D eigenvalue weighted by atomic mass is 9.67. The van der Waals surface area contributed by atoms with Gasteiger partial charge in [0.05, 0.1) is 24.1 Å². The Morgan fingerprint density at radius 3 is 2.48 bits per heavy atom. The molecule has 1 aliphatic rings. The maximum absolute atomic E-state index is 14.0. The maximum Gasteiger partial charge on any atom is 0.229 e. The first-order chi connectivity index (χ1) is 14.8. The molecule has 0 N–H and O–H groups in total. The van der Waals surface area contributed by atoms with Crippen LogP contribution in [-0.2, 0) is 9.53 Å². The maximum atomic E-state index is 14.0. The monoisotopic (exact) mass is 459 g/mol. The van der Waals surface area contributed by atoms with Crippen molar-refractivity contribution >= 4 is 29.1 Å². The van der Waals surface area contributed by atoms with Crippen LogP contribution < -0.4 is 0 Å². The Balaban J connectivity index is 2.21. The van der Waals surface area contributed by atoms with E-state index in [1.165, 1.54) is 0 Å². The van der Waals surface area contributed by atoms with Crippen LogP contribution in [0.5, 0.6) is 0 Å². The summed E-state index contributed by atoms with van der Waals surface area (Å²) in [6.45, 7) is 8.57. The van der Waals surface area contributed by atoms with Gasteiger partial charge in [-0.3, -0.25) is 4.79 Å². The van der Waals surface area contributed by atoms with Gasteiger partial charge < -0.3 is 9.64 Å². The van der Waals surface area contributed by atoms with Gasteiger partial charge in [-0.15, -0.1) is 6.58 Å². The van der Waals surface area contributed by atoms with Crippen LogP contribution in [0.2, 0.25) is 10.0 Å². The number of halogens is 2. The first-order valence-electron chi connectivity index (χ1n) is 10.8. The Kier molecular flexibility index (Phi) is 7.85. The second-order valence-electron chi connectivity index (χ2n) is 8.65. The summed E-state index contributed by atoms with van der Waals surface area (Å²) in [4.78, 5) is 16.0. The zero-order valence-electron chi connectivity index (χ0n) is 18.5. The van der Waals surface area contributed by atoms with E-state index in [0.717, 1.165) is 17.5 Å². The molecule has 0 spiro atoms. The fraction of sp³-hybridized carbons (Fsp3) is 0.423. The number of amides is 1. The second kappa shape index (κ2) is 10.2. The minimum absolute atomic E-state index is 0.0377. The van der Waals surface area contributed by atoms with E-state index in [0.29, 0.717) is 29.5 Å². The predicted molar refractivity (Wildman–Crippen MR) is 129 cm³/mol. The van der Waals surface area contributed by atoms with Gasteiger partial charge >= 0.3 is 0 Å². The van der Waals surface area contributed by atoms with Gasteiger partial charge in [-0.05, 0) is 54.7 Å². The first-order valence-corrected chi connectivity index (χ1v) is 11.5. The van der Waals surface area contributed by atoms with Crippen LogP contribution in [0, 0.1) is 5.41 Å². The van der Waals surface area contributed by atoms with Gasteiger partial charge in [0.25, 0.3) is 0 Å². The third-order valence-electron chi connectivity index (χ3n) is 6.41. The molecule has 0 aromatic heterocycles. The molecule has 31 heavy (non-hydrogen) atoms. The lowest BCUT2D eigenvalue weighted by Crippen LogP contribution is -2.56. The predicted octanol–water partition coefficient (Wildman–Crippen LogP) is 7.06. The van der Waals surface area contributed by atoms with Crippen molar-refractivity contribution in [1.29, 1.82) is 0 Å². The number of piperidine rings is 1. The summed E-state index contributed by atoms with van der Waals surface area (Å²) in [6, 6.07) is 15.7. The molecule has 3 rings (SSSR count). The summed E-state index contributed by atoms with van der Waals surface area (Å²) < 4.78 is 5.53. The van der Waals surface area contributed by atoms with Crippen molar-refractivity contribution in [3.8, 4) is 0 Å². The minimum atomic E-state index is -0.543. The summed E-state index contributed by atoms with van der Waals surface area (Å²) in [5, 5.41) is 1.38. The molecule has 0 radical (unpaired) electrons. The Morgan fingerprint density at radius 2 is 1.90 bits per heavy atom. The van der Waals surface area contributed by atoms with E-state index >= 15 is 0 Å². The highest BCUT2D eigenvalue weighted by molar-refractivity contribution is 6.30. The van der Waals surface area contributed by atoms with Crippen LogP contribution in [0.15, 0.2) is 61.2 Å². The fourth-order valence-corrected chi connectivity index (χ4v) is 5.20. The van der Waals surface area contributed by atoms with Gasteiger partial charge in [-0.2, -0.15) is 0 Å². The Labute approximate surface area is 196 Å². The van der Waals surface area contributed by atoms with Crippen LogP contribution in [-0.4, -0.2) is 30.6 Å². The Bertz CT molecular complexity index is 914. The number of hydrogen-bond donors (Lipinski definition) is 0. The number of hydrogen-bond acceptors (Lipinski definition) is 2. The van der Waals surface area contributed by atoms with Gasteiger partial charge in [0.1, 0.15) is 0 Å². The molecule has 4 atom stereocenters. The van der Waals surface area contributed by atoms with E-state index in [1.807, 2.05) is 48.5 Å². The van der Waals surface area contributed by atoms with E-state index in [1.54, 1.807) is 7.11 Å². The highest BCUT2D eigenvalue weighted by Crippen LogP contribution is 2.52. The van der Waals surface area contributed by atoms with E-state index in [-0.39, 0.29) is 23.9 Å². The number of ether oxygens (including phenoxy) is 1. The molecule has 1 fully saturated rings. The average molecular weight is 460 g/mol. The second-order valence-corrected chi connectivity index (χ2v) is 9.52. The fourth-order valence-electron chi connectivity index (χ4n) is 4.88. The van der Waals surface area contributed by atoms with Crippen molar-refractivity contribution in [2.75, 3.05) is 13.7 Å². The molecule has 1 heterocycles. The van der Waals surface area contributed by atoms with E-state index in [2.05, 4.69) is 31.4 Å². The van der Waals surface area contributed by atoms with Gasteiger partial charge in [0.15, 0.2) is 0 Å². The summed E-state index contributed by atoms with van der Waals surface area (Å²) in [7, 11) is 1.69. The summed E-state index contributed by atoms with van der Waals surface area (Å²) in [5.41, 5.74) is 1.66. The lowest BCUT2D eigenvalue weighted by molar-refractivity contribution is -0.156. The standard InChI is InChI=1S/C26H31Cl2NO2/c1-5-14-26(3)16-23(19-8-7-9-21(28)15-19)24(18-10-12-20(27)13-11-18)29(25(26)30)22(6-2)17-31-4/h5,7-13,15,22-24H,1,6,14,16-17H2,2-4H3/t22-,23+,24+,26-/m0/s1. The van der Waals surface area contributed by atoms with Crippen molar-refractivity contribution in [1.82, 2.24) is 4.90 Å². The molecule has 1 amide bonds. The molecule has 0 saturated carbocycles. The molecule has 5 heteroatoms. The third kappa shape index (κ3) is 5.00. The van der Waals surface area contributed by atoms with Crippen molar-refractivity contribution in [2.24, 2.45) is 5.41 Å². The Morgan fingerprint density at radius 1 is 1.19 bits per heavy atom. The Hall–Kier alpha value is -1.81. The van der Waals surface area contributed by atoms with Crippen molar-refractivity contribution in [2.45, 2.75) is 51.1 Å². The molecular formula is C26H31Cl2NO2.